The van der Waals surface area contributed by atoms with Gasteiger partial charge in [-0.05, 0) is 44.8 Å². The van der Waals surface area contributed by atoms with E-state index in [1.54, 1.807) is 0 Å². The number of carbonyl (C=O) groups is 1. The number of rotatable bonds is 3. The number of nitrogens with zero attached hydrogens (tertiary/aromatic N) is 1. The summed E-state index contributed by atoms with van der Waals surface area (Å²) < 4.78 is 5.73. The van der Waals surface area contributed by atoms with Crippen molar-refractivity contribution in [2.24, 2.45) is 0 Å². The molecule has 1 N–H and O–H groups in total. The third-order valence-electron chi connectivity index (χ3n) is 5.82. The van der Waals surface area contributed by atoms with Gasteiger partial charge in [0.1, 0.15) is 17.9 Å². The molecule has 2 heterocycles. The number of hydrogen-bond donors (Lipinski definition) is 1. The van der Waals surface area contributed by atoms with E-state index in [9.17, 15) is 4.79 Å². The van der Waals surface area contributed by atoms with Gasteiger partial charge in [-0.2, -0.15) is 0 Å². The van der Waals surface area contributed by atoms with Crippen LogP contribution in [0.5, 0.6) is 5.75 Å². The Labute approximate surface area is 138 Å². The van der Waals surface area contributed by atoms with Crippen LogP contribution >= 0.6 is 0 Å². The molecule has 1 amide bonds. The highest BCUT2D eigenvalue weighted by Crippen LogP contribution is 2.38. The summed E-state index contributed by atoms with van der Waals surface area (Å²) in [5.41, 5.74) is 0.847. The summed E-state index contributed by atoms with van der Waals surface area (Å²) in [6.45, 7) is 2.71. The average molecular weight is 314 g/mol. The molecule has 4 rings (SSSR count). The van der Waals surface area contributed by atoms with Crippen molar-refractivity contribution in [1.82, 2.24) is 10.2 Å². The van der Waals surface area contributed by atoms with Crippen LogP contribution in [-0.2, 0) is 4.79 Å². The van der Waals surface area contributed by atoms with E-state index in [1.807, 2.05) is 18.2 Å². The van der Waals surface area contributed by atoms with Crippen LogP contribution in [0.25, 0.3) is 0 Å². The number of benzene rings is 1. The lowest BCUT2D eigenvalue weighted by Crippen LogP contribution is -2.59. The highest BCUT2D eigenvalue weighted by atomic mass is 16.5. The van der Waals surface area contributed by atoms with E-state index in [2.05, 4.69) is 16.3 Å². The van der Waals surface area contributed by atoms with Gasteiger partial charge in [0.15, 0.2) is 0 Å². The summed E-state index contributed by atoms with van der Waals surface area (Å²) in [4.78, 5) is 15.7. The van der Waals surface area contributed by atoms with E-state index in [0.717, 1.165) is 37.2 Å². The van der Waals surface area contributed by atoms with Crippen molar-refractivity contribution in [3.8, 4) is 5.75 Å². The average Bonchev–Trinajstić information content (AvgIpc) is 3.26. The molecule has 1 saturated carbocycles. The summed E-state index contributed by atoms with van der Waals surface area (Å²) in [5.74, 6) is 1.14. The van der Waals surface area contributed by atoms with Crippen molar-refractivity contribution >= 4 is 5.91 Å². The molecule has 23 heavy (non-hydrogen) atoms. The van der Waals surface area contributed by atoms with Gasteiger partial charge >= 0.3 is 0 Å². The number of fused-ring (bicyclic) bond motifs is 1. The second-order valence-electron chi connectivity index (χ2n) is 7.16. The maximum Gasteiger partial charge on any atom is 0.241 e. The molecule has 1 aliphatic carbocycles. The summed E-state index contributed by atoms with van der Waals surface area (Å²) in [7, 11) is 0. The molecule has 2 fully saturated rings. The van der Waals surface area contributed by atoms with Gasteiger partial charge in [0.05, 0.1) is 6.04 Å². The zero-order valence-corrected chi connectivity index (χ0v) is 13.7. The minimum absolute atomic E-state index is 0.0000968. The number of amides is 1. The van der Waals surface area contributed by atoms with E-state index < -0.39 is 0 Å². The lowest BCUT2D eigenvalue weighted by Gasteiger charge is -2.43. The quantitative estimate of drug-likeness (QED) is 0.932. The largest absolute Gasteiger partial charge is 0.491 e. The van der Waals surface area contributed by atoms with Gasteiger partial charge in [-0.25, -0.2) is 0 Å². The second kappa shape index (κ2) is 6.16. The number of para-hydroxylation sites is 1. The predicted molar refractivity (Wildman–Crippen MR) is 89.4 cm³/mol. The maximum atomic E-state index is 13.3. The molecule has 1 saturated heterocycles. The fourth-order valence-electron chi connectivity index (χ4n) is 4.54. The zero-order valence-electron chi connectivity index (χ0n) is 13.7. The second-order valence-corrected chi connectivity index (χ2v) is 7.16. The summed E-state index contributed by atoms with van der Waals surface area (Å²) >= 11 is 0. The minimum atomic E-state index is -0.272. The SMILES string of the molecule is O=C(N[C@H]1COc2ccccc21)C1(N2CCCC2)CCCCC1. The first kappa shape index (κ1) is 15.0. The molecular formula is C19H26N2O2. The molecule has 0 spiro atoms. The third kappa shape index (κ3) is 2.63. The van der Waals surface area contributed by atoms with Gasteiger partial charge in [-0.15, -0.1) is 0 Å². The smallest absolute Gasteiger partial charge is 0.241 e. The minimum Gasteiger partial charge on any atom is -0.491 e. The Morgan fingerprint density at radius 3 is 2.61 bits per heavy atom. The van der Waals surface area contributed by atoms with Gasteiger partial charge in [0.2, 0.25) is 5.91 Å². The molecule has 0 unspecified atom stereocenters. The zero-order chi connectivity index (χ0) is 15.7. The van der Waals surface area contributed by atoms with Crippen LogP contribution in [0, 0.1) is 0 Å². The van der Waals surface area contributed by atoms with Gasteiger partial charge < -0.3 is 10.1 Å². The molecule has 1 aromatic rings. The van der Waals surface area contributed by atoms with Crippen LogP contribution in [-0.4, -0.2) is 36.0 Å². The molecular weight excluding hydrogens is 288 g/mol. The van der Waals surface area contributed by atoms with Crippen LogP contribution in [0.1, 0.15) is 56.6 Å². The molecule has 0 aromatic heterocycles. The first-order valence-corrected chi connectivity index (χ1v) is 9.07. The van der Waals surface area contributed by atoms with E-state index in [4.69, 9.17) is 4.74 Å². The molecule has 0 bridgehead atoms. The molecule has 124 valence electrons. The first-order valence-electron chi connectivity index (χ1n) is 9.07. The van der Waals surface area contributed by atoms with E-state index in [-0.39, 0.29) is 17.5 Å². The highest BCUT2D eigenvalue weighted by molar-refractivity contribution is 5.87. The molecule has 3 aliphatic rings. The van der Waals surface area contributed by atoms with E-state index >= 15 is 0 Å². The normalized spacial score (nSPS) is 26.5. The van der Waals surface area contributed by atoms with Crippen LogP contribution in [0.4, 0.5) is 0 Å². The van der Waals surface area contributed by atoms with Gasteiger partial charge in [0, 0.05) is 5.56 Å². The Hall–Kier alpha value is -1.55. The van der Waals surface area contributed by atoms with Crippen molar-refractivity contribution in [2.75, 3.05) is 19.7 Å². The van der Waals surface area contributed by atoms with Crippen LogP contribution < -0.4 is 10.1 Å². The lowest BCUT2D eigenvalue weighted by molar-refractivity contribution is -0.136. The predicted octanol–water partition coefficient (Wildman–Crippen LogP) is 3.04. The Morgan fingerprint density at radius 1 is 1.09 bits per heavy atom. The number of nitrogens with one attached hydrogen (secondary N) is 1. The topological polar surface area (TPSA) is 41.6 Å². The maximum absolute atomic E-state index is 13.3. The van der Waals surface area contributed by atoms with Gasteiger partial charge in [0.25, 0.3) is 0 Å². The van der Waals surface area contributed by atoms with Crippen LogP contribution in [0.2, 0.25) is 0 Å². The summed E-state index contributed by atoms with van der Waals surface area (Å²) in [5, 5.41) is 3.32. The first-order chi connectivity index (χ1) is 11.3. The molecule has 0 radical (unpaired) electrons. The Bertz CT molecular complexity index is 574. The number of carbonyl (C=O) groups excluding carboxylic acids is 1. The van der Waals surface area contributed by atoms with Crippen molar-refractivity contribution in [3.63, 3.8) is 0 Å². The number of ether oxygens (including phenoxy) is 1. The van der Waals surface area contributed by atoms with Crippen molar-refractivity contribution in [1.29, 1.82) is 0 Å². The van der Waals surface area contributed by atoms with Gasteiger partial charge in [-0.3, -0.25) is 9.69 Å². The van der Waals surface area contributed by atoms with E-state index in [1.165, 1.54) is 32.1 Å². The highest BCUT2D eigenvalue weighted by Gasteiger charge is 2.46. The van der Waals surface area contributed by atoms with E-state index in [0.29, 0.717) is 6.61 Å². The molecule has 1 aromatic carbocycles. The van der Waals surface area contributed by atoms with Crippen molar-refractivity contribution < 1.29 is 9.53 Å². The molecule has 2 aliphatic heterocycles. The Morgan fingerprint density at radius 2 is 1.83 bits per heavy atom. The monoisotopic (exact) mass is 314 g/mol. The Balaban J connectivity index is 1.54. The lowest BCUT2D eigenvalue weighted by atomic mass is 9.79. The number of likely N-dealkylation sites (tertiary alicyclic amines) is 1. The summed E-state index contributed by atoms with van der Waals surface area (Å²) in [6, 6.07) is 8.05. The fourth-order valence-corrected chi connectivity index (χ4v) is 4.54. The number of hydrogen-bond acceptors (Lipinski definition) is 3. The van der Waals surface area contributed by atoms with Gasteiger partial charge in [-0.1, -0.05) is 37.5 Å². The standard InChI is InChI=1S/C19H26N2O2/c22-18(20-16-14-23-17-9-3-2-8-15(16)17)19(10-4-1-5-11-19)21-12-6-7-13-21/h2-3,8-9,16H,1,4-7,10-14H2,(H,20,22)/t16-/m0/s1. The van der Waals surface area contributed by atoms with Crippen molar-refractivity contribution in [3.05, 3.63) is 29.8 Å². The van der Waals surface area contributed by atoms with Crippen LogP contribution in [0.3, 0.4) is 0 Å². The molecule has 4 nitrogen and oxygen atoms in total. The molecule has 1 atom stereocenters. The van der Waals surface area contributed by atoms with Crippen LogP contribution in [0.15, 0.2) is 24.3 Å². The fraction of sp³-hybridized carbons (Fsp3) is 0.632. The third-order valence-corrected chi connectivity index (χ3v) is 5.82. The van der Waals surface area contributed by atoms with Crippen molar-refractivity contribution in [2.45, 2.75) is 56.5 Å². The summed E-state index contributed by atoms with van der Waals surface area (Å²) in [6.07, 6.45) is 8.07. The Kier molecular flexibility index (Phi) is 4.02. The molecule has 4 heteroatoms.